The number of carboxylic acids is 1. The molecule has 0 aliphatic carbocycles. The van der Waals surface area contributed by atoms with Crippen LogP contribution < -0.4 is 0 Å². The fourth-order valence-corrected chi connectivity index (χ4v) is 7.67. The van der Waals surface area contributed by atoms with Crippen LogP contribution >= 0.6 is 0 Å². The number of unbranched alkanes of at least 4 members (excludes halogenated alkanes) is 23. The van der Waals surface area contributed by atoms with Crippen molar-refractivity contribution in [2.75, 3.05) is 41.0 Å². The summed E-state index contributed by atoms with van der Waals surface area (Å²) in [6, 6.07) is -0.617. The Balaban J connectivity index is 4.21. The number of esters is 2. The van der Waals surface area contributed by atoms with Crippen molar-refractivity contribution >= 4 is 17.9 Å². The Hall–Kier alpha value is -2.97. The quantitative estimate of drug-likeness (QED) is 0.0281. The van der Waals surface area contributed by atoms with E-state index in [0.29, 0.717) is 19.3 Å². The number of hydrogen-bond acceptors (Lipinski definition) is 6. The zero-order valence-electron chi connectivity index (χ0n) is 42.2. The Kier molecular flexibility index (Phi) is 44.4. The maximum absolute atomic E-state index is 12.8. The molecule has 0 bridgehead atoms. The lowest BCUT2D eigenvalue weighted by Gasteiger charge is -2.31. The zero-order chi connectivity index (χ0) is 47.0. The molecule has 8 heteroatoms. The van der Waals surface area contributed by atoms with Gasteiger partial charge in [0.1, 0.15) is 6.61 Å². The van der Waals surface area contributed by atoms with Crippen LogP contribution in [0.2, 0.25) is 0 Å². The second-order valence-corrected chi connectivity index (χ2v) is 18.7. The van der Waals surface area contributed by atoms with Crippen molar-refractivity contribution in [3.63, 3.8) is 0 Å². The van der Waals surface area contributed by atoms with E-state index in [1.54, 1.807) is 0 Å². The first-order chi connectivity index (χ1) is 31.1. The first-order valence-electron chi connectivity index (χ1n) is 26.3. The lowest BCUT2D eigenvalue weighted by Crippen LogP contribution is -2.50. The molecule has 0 saturated carbocycles. The summed E-state index contributed by atoms with van der Waals surface area (Å²) in [4.78, 5) is 37.2. The summed E-state index contributed by atoms with van der Waals surface area (Å²) in [5, 5.41) is 9.66. The van der Waals surface area contributed by atoms with Crippen molar-refractivity contribution in [3.8, 4) is 0 Å². The van der Waals surface area contributed by atoms with Crippen molar-refractivity contribution in [1.29, 1.82) is 0 Å². The minimum atomic E-state index is -0.875. The van der Waals surface area contributed by atoms with Gasteiger partial charge >= 0.3 is 17.9 Å². The number of quaternary nitrogens is 1. The summed E-state index contributed by atoms with van der Waals surface area (Å²) in [6.07, 6.45) is 58.4. The Morgan fingerprint density at radius 1 is 0.469 bits per heavy atom. The van der Waals surface area contributed by atoms with E-state index < -0.39 is 18.1 Å². The van der Waals surface area contributed by atoms with E-state index in [4.69, 9.17) is 14.2 Å². The number of carboxylic acid groups (broad SMARTS) is 1. The summed E-state index contributed by atoms with van der Waals surface area (Å²) in [6.45, 7) is 4.54. The highest BCUT2D eigenvalue weighted by Crippen LogP contribution is 2.16. The van der Waals surface area contributed by atoms with E-state index >= 15 is 0 Å². The normalized spacial score (nSPS) is 13.3. The van der Waals surface area contributed by atoms with Crippen molar-refractivity contribution in [3.05, 3.63) is 60.8 Å². The molecule has 64 heavy (non-hydrogen) atoms. The fraction of sp³-hybridized carbons (Fsp3) is 0.768. The predicted octanol–water partition coefficient (Wildman–Crippen LogP) is 15.3. The van der Waals surface area contributed by atoms with Crippen LogP contribution in [0.15, 0.2) is 60.8 Å². The molecule has 0 aromatic rings. The lowest BCUT2D eigenvalue weighted by molar-refractivity contribution is -0.887. The molecule has 0 heterocycles. The van der Waals surface area contributed by atoms with E-state index in [0.717, 1.165) is 77.0 Å². The molecule has 0 aliphatic rings. The van der Waals surface area contributed by atoms with Gasteiger partial charge in [-0.1, -0.05) is 197 Å². The van der Waals surface area contributed by atoms with Crippen LogP contribution in [0.5, 0.6) is 0 Å². The number of ether oxygens (including phenoxy) is 3. The SMILES string of the molecule is CC/C=C/C/C=C/C/C=C/CCCCCCCCCCCC(=O)OC(COCCC(C(=O)O)[N+](C)(C)C)COC(=O)CCCCCCCCCCCCCCCC/C=C/C/C=C/CC. The lowest BCUT2D eigenvalue weighted by atomic mass is 10.0. The van der Waals surface area contributed by atoms with Gasteiger partial charge in [-0.15, -0.1) is 0 Å². The molecule has 0 saturated heterocycles. The molecule has 0 aromatic heterocycles. The molecule has 1 N–H and O–H groups in total. The average molecular weight is 899 g/mol. The molecular formula is C56H100NO7+. The maximum Gasteiger partial charge on any atom is 0.362 e. The third-order valence-electron chi connectivity index (χ3n) is 11.7. The molecule has 0 spiro atoms. The summed E-state index contributed by atoms with van der Waals surface area (Å²) >= 11 is 0. The van der Waals surface area contributed by atoms with Gasteiger partial charge in [0, 0.05) is 19.3 Å². The standard InChI is InChI=1S/C56H99NO7/c1-6-8-10-12-14-16-18-20-22-24-26-27-29-30-32-34-36-38-40-42-44-46-54(58)63-51-52(50-62-49-48-53(56(60)61)57(3,4)5)64-55(59)47-45-43-41-39-37-35-33-31-28-25-23-21-19-17-15-13-11-9-7-2/h8-11,14-17,21,23,52-53H,6-7,12-13,18-20,22,24-51H2,1-5H3/p+1/b10-8+,11-9+,16-14+,17-15+,23-21+. The summed E-state index contributed by atoms with van der Waals surface area (Å²) in [5.74, 6) is -1.47. The molecule has 0 fully saturated rings. The molecule has 2 unspecified atom stereocenters. The van der Waals surface area contributed by atoms with Crippen molar-refractivity contribution in [2.45, 2.75) is 238 Å². The van der Waals surface area contributed by atoms with Gasteiger partial charge in [-0.05, 0) is 70.6 Å². The Labute approximate surface area is 394 Å². The molecule has 370 valence electrons. The van der Waals surface area contributed by atoms with Crippen LogP contribution in [-0.4, -0.2) is 80.6 Å². The van der Waals surface area contributed by atoms with Crippen LogP contribution in [0.25, 0.3) is 0 Å². The van der Waals surface area contributed by atoms with Crippen LogP contribution in [0, 0.1) is 0 Å². The molecular weight excluding hydrogens is 799 g/mol. The topological polar surface area (TPSA) is 99.1 Å². The zero-order valence-corrected chi connectivity index (χ0v) is 42.2. The predicted molar refractivity (Wildman–Crippen MR) is 271 cm³/mol. The third-order valence-corrected chi connectivity index (χ3v) is 11.7. The van der Waals surface area contributed by atoms with Crippen molar-refractivity contribution < 1.29 is 38.2 Å². The molecule has 0 amide bonds. The molecule has 0 radical (unpaired) electrons. The van der Waals surface area contributed by atoms with E-state index in [2.05, 4.69) is 74.6 Å². The van der Waals surface area contributed by atoms with Gasteiger partial charge in [0.15, 0.2) is 12.1 Å². The largest absolute Gasteiger partial charge is 0.477 e. The van der Waals surface area contributed by atoms with Gasteiger partial charge in [-0.2, -0.15) is 0 Å². The Morgan fingerprint density at radius 3 is 1.22 bits per heavy atom. The Morgan fingerprint density at radius 2 is 0.828 bits per heavy atom. The van der Waals surface area contributed by atoms with Gasteiger partial charge < -0.3 is 23.8 Å². The number of rotatable bonds is 47. The highest BCUT2D eigenvalue weighted by Gasteiger charge is 2.31. The van der Waals surface area contributed by atoms with Crippen LogP contribution in [0.3, 0.4) is 0 Å². The first-order valence-corrected chi connectivity index (χ1v) is 26.3. The van der Waals surface area contributed by atoms with Crippen LogP contribution in [0.1, 0.15) is 226 Å². The fourth-order valence-electron chi connectivity index (χ4n) is 7.67. The number of aliphatic carboxylic acids is 1. The summed E-state index contributed by atoms with van der Waals surface area (Å²) < 4.78 is 17.4. The number of hydrogen-bond donors (Lipinski definition) is 1. The van der Waals surface area contributed by atoms with Crippen molar-refractivity contribution in [1.82, 2.24) is 0 Å². The van der Waals surface area contributed by atoms with Gasteiger partial charge in [0.2, 0.25) is 0 Å². The minimum Gasteiger partial charge on any atom is -0.477 e. The van der Waals surface area contributed by atoms with Crippen molar-refractivity contribution in [2.24, 2.45) is 0 Å². The highest BCUT2D eigenvalue weighted by molar-refractivity contribution is 5.72. The second kappa shape index (κ2) is 46.6. The number of carbonyl (C=O) groups is 3. The molecule has 0 rings (SSSR count). The monoisotopic (exact) mass is 899 g/mol. The maximum atomic E-state index is 12.8. The van der Waals surface area contributed by atoms with E-state index in [-0.39, 0.29) is 36.2 Å². The first kappa shape index (κ1) is 61.0. The van der Waals surface area contributed by atoms with Gasteiger partial charge in [-0.3, -0.25) is 9.59 Å². The van der Waals surface area contributed by atoms with Crippen LogP contribution in [0.4, 0.5) is 0 Å². The number of carbonyl (C=O) groups excluding carboxylic acids is 2. The number of likely N-dealkylation sites (N-methyl/N-ethyl adjacent to an activating group) is 1. The molecule has 2 atom stereocenters. The number of allylic oxidation sites excluding steroid dienone is 10. The number of nitrogens with zero attached hydrogens (tertiary/aromatic N) is 1. The van der Waals surface area contributed by atoms with E-state index in [1.165, 1.54) is 116 Å². The average Bonchev–Trinajstić information content (AvgIpc) is 3.26. The smallest absolute Gasteiger partial charge is 0.362 e. The minimum absolute atomic E-state index is 0.0535. The summed E-state index contributed by atoms with van der Waals surface area (Å²) in [5.41, 5.74) is 0. The molecule has 8 nitrogen and oxygen atoms in total. The second-order valence-electron chi connectivity index (χ2n) is 18.7. The summed E-state index contributed by atoms with van der Waals surface area (Å²) in [7, 11) is 5.54. The van der Waals surface area contributed by atoms with Gasteiger partial charge in [0.05, 0.1) is 34.4 Å². The van der Waals surface area contributed by atoms with E-state index in [9.17, 15) is 19.5 Å². The van der Waals surface area contributed by atoms with E-state index in [1.807, 2.05) is 21.1 Å². The Bertz CT molecular complexity index is 1230. The molecule has 0 aromatic carbocycles. The third kappa shape index (κ3) is 44.2. The van der Waals surface area contributed by atoms with Crippen LogP contribution in [-0.2, 0) is 28.6 Å². The molecule has 0 aliphatic heterocycles. The van der Waals surface area contributed by atoms with Gasteiger partial charge in [0.25, 0.3) is 0 Å². The highest BCUT2D eigenvalue weighted by atomic mass is 16.6. The van der Waals surface area contributed by atoms with Gasteiger partial charge in [-0.25, -0.2) is 4.79 Å².